The lowest BCUT2D eigenvalue weighted by Crippen LogP contribution is -2.35. The Morgan fingerprint density at radius 2 is 1.92 bits per heavy atom. The highest BCUT2D eigenvalue weighted by Gasteiger charge is 2.28. The minimum absolute atomic E-state index is 0.0332. The van der Waals surface area contributed by atoms with Gasteiger partial charge in [0.15, 0.2) is 0 Å². The van der Waals surface area contributed by atoms with Crippen molar-refractivity contribution >= 4 is 29.0 Å². The van der Waals surface area contributed by atoms with Gasteiger partial charge in [-0.05, 0) is 41.8 Å². The van der Waals surface area contributed by atoms with Gasteiger partial charge in [0.05, 0.1) is 12.5 Å². The molecule has 0 saturated heterocycles. The lowest BCUT2D eigenvalue weighted by molar-refractivity contribution is -0.117. The number of anilines is 1. The first-order valence-electron chi connectivity index (χ1n) is 8.60. The molecule has 1 aromatic heterocycles. The number of hydrogen-bond acceptors (Lipinski definition) is 3. The summed E-state index contributed by atoms with van der Waals surface area (Å²) in [5, 5.41) is 8.05. The van der Waals surface area contributed by atoms with E-state index in [1.165, 1.54) is 17.7 Å². The van der Waals surface area contributed by atoms with Gasteiger partial charge in [0.2, 0.25) is 5.91 Å². The Morgan fingerprint density at radius 3 is 2.60 bits per heavy atom. The fourth-order valence-corrected chi connectivity index (χ4v) is 4.33. The quantitative estimate of drug-likeness (QED) is 0.734. The van der Waals surface area contributed by atoms with Gasteiger partial charge in [-0.3, -0.25) is 4.79 Å². The Morgan fingerprint density at radius 1 is 1.16 bits per heavy atom. The zero-order valence-electron chi connectivity index (χ0n) is 14.0. The van der Waals surface area contributed by atoms with Gasteiger partial charge in [-0.1, -0.05) is 37.1 Å². The molecule has 4 N–H and O–H groups in total. The number of thiophene rings is 1. The molecule has 0 bridgehead atoms. The zero-order chi connectivity index (χ0) is 17.6. The molecule has 1 heterocycles. The summed E-state index contributed by atoms with van der Waals surface area (Å²) in [6.07, 6.45) is 4.82. The molecule has 0 aliphatic heterocycles. The van der Waals surface area contributed by atoms with Gasteiger partial charge in [0.25, 0.3) is 0 Å². The predicted molar refractivity (Wildman–Crippen MR) is 101 cm³/mol. The van der Waals surface area contributed by atoms with E-state index in [0.717, 1.165) is 18.4 Å². The average molecular weight is 357 g/mol. The van der Waals surface area contributed by atoms with Crippen molar-refractivity contribution in [3.63, 3.8) is 0 Å². The lowest BCUT2D eigenvalue weighted by Gasteiger charge is -2.24. The SMILES string of the molecule is NC(=O)Cc1ccccc1NC(=O)N[C@H](c1cccs1)C1CCCC1. The van der Waals surface area contributed by atoms with Crippen LogP contribution in [0, 0.1) is 5.92 Å². The highest BCUT2D eigenvalue weighted by Crippen LogP contribution is 2.37. The van der Waals surface area contributed by atoms with E-state index in [-0.39, 0.29) is 18.5 Å². The van der Waals surface area contributed by atoms with Crippen LogP contribution in [0.5, 0.6) is 0 Å². The van der Waals surface area contributed by atoms with E-state index >= 15 is 0 Å². The minimum atomic E-state index is -0.419. The number of para-hydroxylation sites is 1. The molecule has 0 spiro atoms. The number of amides is 3. The second-order valence-corrected chi connectivity index (χ2v) is 7.42. The van der Waals surface area contributed by atoms with Crippen LogP contribution in [-0.2, 0) is 11.2 Å². The second kappa shape index (κ2) is 8.16. The fourth-order valence-electron chi connectivity index (χ4n) is 3.46. The molecule has 3 rings (SSSR count). The van der Waals surface area contributed by atoms with Gasteiger partial charge < -0.3 is 16.4 Å². The Kier molecular flexibility index (Phi) is 5.71. The molecule has 2 aromatic rings. The molecule has 1 aliphatic carbocycles. The van der Waals surface area contributed by atoms with Gasteiger partial charge in [0, 0.05) is 10.6 Å². The number of primary amides is 1. The third-order valence-electron chi connectivity index (χ3n) is 4.64. The van der Waals surface area contributed by atoms with Crippen LogP contribution in [-0.4, -0.2) is 11.9 Å². The van der Waals surface area contributed by atoms with Gasteiger partial charge in [-0.15, -0.1) is 11.3 Å². The van der Waals surface area contributed by atoms with E-state index in [9.17, 15) is 9.59 Å². The third-order valence-corrected chi connectivity index (χ3v) is 5.59. The van der Waals surface area contributed by atoms with Crippen molar-refractivity contribution in [3.8, 4) is 0 Å². The van der Waals surface area contributed by atoms with E-state index in [1.54, 1.807) is 23.5 Å². The van der Waals surface area contributed by atoms with Crippen molar-refractivity contribution in [2.45, 2.75) is 38.1 Å². The molecule has 6 heteroatoms. The van der Waals surface area contributed by atoms with Crippen molar-refractivity contribution < 1.29 is 9.59 Å². The molecular formula is C19H23N3O2S. The summed E-state index contributed by atoms with van der Waals surface area (Å²) in [6, 6.07) is 11.1. The topological polar surface area (TPSA) is 84.2 Å². The largest absolute Gasteiger partial charge is 0.369 e. The highest BCUT2D eigenvalue weighted by molar-refractivity contribution is 7.10. The van der Waals surface area contributed by atoms with E-state index in [0.29, 0.717) is 11.6 Å². The summed E-state index contributed by atoms with van der Waals surface area (Å²) in [4.78, 5) is 25.0. The maximum atomic E-state index is 12.6. The molecule has 25 heavy (non-hydrogen) atoms. The number of nitrogens with one attached hydrogen (secondary N) is 2. The van der Waals surface area contributed by atoms with Crippen molar-refractivity contribution in [2.24, 2.45) is 11.7 Å². The van der Waals surface area contributed by atoms with Gasteiger partial charge in [0.1, 0.15) is 0 Å². The maximum Gasteiger partial charge on any atom is 0.319 e. The summed E-state index contributed by atoms with van der Waals surface area (Å²) >= 11 is 1.67. The summed E-state index contributed by atoms with van der Waals surface area (Å²) in [5.41, 5.74) is 6.63. The summed E-state index contributed by atoms with van der Waals surface area (Å²) in [7, 11) is 0. The Hall–Kier alpha value is -2.34. The van der Waals surface area contributed by atoms with Crippen LogP contribution in [0.3, 0.4) is 0 Å². The number of carbonyl (C=O) groups is 2. The molecule has 1 saturated carbocycles. The van der Waals surface area contributed by atoms with Crippen LogP contribution >= 0.6 is 11.3 Å². The number of urea groups is 1. The molecule has 5 nitrogen and oxygen atoms in total. The lowest BCUT2D eigenvalue weighted by atomic mass is 9.97. The number of hydrogen-bond donors (Lipinski definition) is 3. The van der Waals surface area contributed by atoms with E-state index in [2.05, 4.69) is 16.7 Å². The normalized spacial score (nSPS) is 15.7. The minimum Gasteiger partial charge on any atom is -0.369 e. The average Bonchev–Trinajstić information content (AvgIpc) is 3.28. The molecule has 1 fully saturated rings. The van der Waals surface area contributed by atoms with Crippen molar-refractivity contribution in [1.82, 2.24) is 5.32 Å². The van der Waals surface area contributed by atoms with Crippen LogP contribution in [0.4, 0.5) is 10.5 Å². The van der Waals surface area contributed by atoms with Gasteiger partial charge in [-0.2, -0.15) is 0 Å². The summed E-state index contributed by atoms with van der Waals surface area (Å²) in [6.45, 7) is 0. The smallest absolute Gasteiger partial charge is 0.319 e. The molecule has 1 aromatic carbocycles. The first-order chi connectivity index (χ1) is 12.1. The van der Waals surface area contributed by atoms with Crippen LogP contribution < -0.4 is 16.4 Å². The fraction of sp³-hybridized carbons (Fsp3) is 0.368. The standard InChI is InChI=1S/C19H23N3O2S/c20-17(23)12-14-8-3-4-9-15(14)21-19(24)22-18(13-6-1-2-7-13)16-10-5-11-25-16/h3-5,8-11,13,18H,1-2,6-7,12H2,(H2,20,23)(H2,21,22,24)/t18-/m0/s1. The first kappa shape index (κ1) is 17.5. The molecule has 132 valence electrons. The monoisotopic (exact) mass is 357 g/mol. The van der Waals surface area contributed by atoms with E-state index in [4.69, 9.17) is 5.73 Å². The molecule has 3 amide bonds. The van der Waals surface area contributed by atoms with Crippen LogP contribution in [0.15, 0.2) is 41.8 Å². The molecule has 1 aliphatic rings. The Bertz CT molecular complexity index is 724. The number of benzene rings is 1. The molecule has 0 radical (unpaired) electrons. The molecule has 1 atom stereocenters. The van der Waals surface area contributed by atoms with Gasteiger partial charge >= 0.3 is 6.03 Å². The third kappa shape index (κ3) is 4.60. The maximum absolute atomic E-state index is 12.6. The van der Waals surface area contributed by atoms with Crippen molar-refractivity contribution in [1.29, 1.82) is 0 Å². The van der Waals surface area contributed by atoms with Crippen molar-refractivity contribution in [2.75, 3.05) is 5.32 Å². The van der Waals surface area contributed by atoms with Crippen molar-refractivity contribution in [3.05, 3.63) is 52.2 Å². The van der Waals surface area contributed by atoms with Crippen LogP contribution in [0.25, 0.3) is 0 Å². The van der Waals surface area contributed by atoms with Crippen LogP contribution in [0.2, 0.25) is 0 Å². The first-order valence-corrected chi connectivity index (χ1v) is 9.48. The van der Waals surface area contributed by atoms with E-state index < -0.39 is 5.91 Å². The van der Waals surface area contributed by atoms with Crippen LogP contribution in [0.1, 0.15) is 42.2 Å². The number of rotatable bonds is 6. The summed E-state index contributed by atoms with van der Waals surface area (Å²) in [5.74, 6) is 0.0577. The highest BCUT2D eigenvalue weighted by atomic mass is 32.1. The Labute approximate surface area is 151 Å². The molecule has 0 unspecified atom stereocenters. The number of carbonyl (C=O) groups excluding carboxylic acids is 2. The van der Waals surface area contributed by atoms with E-state index in [1.807, 2.05) is 23.6 Å². The summed E-state index contributed by atoms with van der Waals surface area (Å²) < 4.78 is 0. The number of nitrogens with two attached hydrogens (primary N) is 1. The second-order valence-electron chi connectivity index (χ2n) is 6.44. The van der Waals surface area contributed by atoms with Gasteiger partial charge in [-0.25, -0.2) is 4.79 Å². The predicted octanol–water partition coefficient (Wildman–Crippen LogP) is 3.83. The molecular weight excluding hydrogens is 334 g/mol. The Balaban J connectivity index is 1.71. The zero-order valence-corrected chi connectivity index (χ0v) is 14.9.